The van der Waals surface area contributed by atoms with Crippen LogP contribution in [0.25, 0.3) is 11.3 Å². The standard InChI is InChI=1S/C17H10Cl3N3O2/c18-13-5-1-3-11(15(13)19)14-7-6-10(25-14)9-22-23-17(24)12-4-2-8-21-16(12)20/h1-9H,(H,23,24). The Labute approximate surface area is 158 Å². The molecule has 25 heavy (non-hydrogen) atoms. The number of benzene rings is 1. The van der Waals surface area contributed by atoms with E-state index >= 15 is 0 Å². The molecule has 1 N–H and O–H groups in total. The van der Waals surface area contributed by atoms with Crippen molar-refractivity contribution in [2.24, 2.45) is 5.10 Å². The molecule has 2 heterocycles. The van der Waals surface area contributed by atoms with E-state index in [0.717, 1.165) is 0 Å². The number of nitrogens with zero attached hydrogens (tertiary/aromatic N) is 2. The molecule has 0 spiro atoms. The summed E-state index contributed by atoms with van der Waals surface area (Å²) in [5.74, 6) is 0.498. The second kappa shape index (κ2) is 7.70. The van der Waals surface area contributed by atoms with E-state index in [9.17, 15) is 4.79 Å². The molecule has 3 rings (SSSR count). The molecule has 1 aromatic carbocycles. The zero-order valence-corrected chi connectivity index (χ0v) is 14.8. The molecule has 0 saturated heterocycles. The summed E-state index contributed by atoms with van der Waals surface area (Å²) in [7, 11) is 0. The summed E-state index contributed by atoms with van der Waals surface area (Å²) in [6.45, 7) is 0. The number of carbonyl (C=O) groups is 1. The maximum Gasteiger partial charge on any atom is 0.274 e. The highest BCUT2D eigenvalue weighted by Gasteiger charge is 2.11. The van der Waals surface area contributed by atoms with Gasteiger partial charge in [-0.2, -0.15) is 5.10 Å². The molecule has 8 heteroatoms. The number of rotatable bonds is 4. The average molecular weight is 395 g/mol. The predicted molar refractivity (Wildman–Crippen MR) is 98.5 cm³/mol. The molecule has 0 bridgehead atoms. The molecule has 0 saturated carbocycles. The second-order valence-corrected chi connectivity index (χ2v) is 5.99. The van der Waals surface area contributed by atoms with Crippen LogP contribution in [0.4, 0.5) is 0 Å². The van der Waals surface area contributed by atoms with E-state index in [1.807, 2.05) is 0 Å². The Morgan fingerprint density at radius 3 is 2.76 bits per heavy atom. The van der Waals surface area contributed by atoms with Crippen molar-refractivity contribution >= 4 is 46.9 Å². The summed E-state index contributed by atoms with van der Waals surface area (Å²) in [4.78, 5) is 15.8. The highest BCUT2D eigenvalue weighted by molar-refractivity contribution is 6.43. The molecule has 0 aliphatic carbocycles. The van der Waals surface area contributed by atoms with Crippen LogP contribution in [0, 0.1) is 0 Å². The SMILES string of the molecule is O=C(NN=Cc1ccc(-c2cccc(Cl)c2Cl)o1)c1cccnc1Cl. The Bertz CT molecular complexity index is 954. The number of amides is 1. The summed E-state index contributed by atoms with van der Waals surface area (Å²) in [5.41, 5.74) is 3.25. The van der Waals surface area contributed by atoms with Crippen LogP contribution >= 0.6 is 34.8 Å². The highest BCUT2D eigenvalue weighted by Crippen LogP contribution is 2.34. The van der Waals surface area contributed by atoms with Crippen molar-refractivity contribution in [1.29, 1.82) is 0 Å². The smallest absolute Gasteiger partial charge is 0.274 e. The van der Waals surface area contributed by atoms with Crippen molar-refractivity contribution in [2.75, 3.05) is 0 Å². The first-order chi connectivity index (χ1) is 12.1. The molecular weight excluding hydrogens is 385 g/mol. The molecule has 0 radical (unpaired) electrons. The average Bonchev–Trinajstić information content (AvgIpc) is 3.06. The zero-order chi connectivity index (χ0) is 17.8. The molecule has 3 aromatic rings. The third-order valence-corrected chi connectivity index (χ3v) is 4.33. The van der Waals surface area contributed by atoms with Gasteiger partial charge in [-0.15, -0.1) is 0 Å². The van der Waals surface area contributed by atoms with Crippen LogP contribution in [-0.4, -0.2) is 17.1 Å². The van der Waals surface area contributed by atoms with Crippen molar-refractivity contribution in [3.05, 3.63) is 75.2 Å². The Morgan fingerprint density at radius 2 is 1.96 bits per heavy atom. The Morgan fingerprint density at radius 1 is 1.12 bits per heavy atom. The molecule has 0 aliphatic heterocycles. The van der Waals surface area contributed by atoms with Crippen LogP contribution in [0.2, 0.25) is 15.2 Å². The maximum atomic E-state index is 12.0. The summed E-state index contributed by atoms with van der Waals surface area (Å²) < 4.78 is 5.63. The third kappa shape index (κ3) is 4.02. The first kappa shape index (κ1) is 17.5. The van der Waals surface area contributed by atoms with Gasteiger partial charge < -0.3 is 4.42 Å². The van der Waals surface area contributed by atoms with Crippen LogP contribution in [0.3, 0.4) is 0 Å². The first-order valence-electron chi connectivity index (χ1n) is 7.04. The fraction of sp³-hybridized carbons (Fsp3) is 0. The number of nitrogens with one attached hydrogen (secondary N) is 1. The van der Waals surface area contributed by atoms with E-state index in [1.54, 1.807) is 42.5 Å². The minimum atomic E-state index is -0.473. The van der Waals surface area contributed by atoms with Crippen molar-refractivity contribution in [3.63, 3.8) is 0 Å². The molecule has 5 nitrogen and oxygen atoms in total. The summed E-state index contributed by atoms with van der Waals surface area (Å²) in [6, 6.07) is 11.8. The molecule has 1 amide bonds. The quantitative estimate of drug-likeness (QED) is 0.382. The van der Waals surface area contributed by atoms with E-state index in [4.69, 9.17) is 39.2 Å². The molecule has 0 unspecified atom stereocenters. The van der Waals surface area contributed by atoms with E-state index in [1.165, 1.54) is 12.4 Å². The molecular formula is C17H10Cl3N3O2. The Kier molecular flexibility index (Phi) is 5.38. The summed E-state index contributed by atoms with van der Waals surface area (Å²) in [5, 5.41) is 4.79. The normalized spacial score (nSPS) is 11.0. The topological polar surface area (TPSA) is 67.5 Å². The van der Waals surface area contributed by atoms with E-state index in [2.05, 4.69) is 15.5 Å². The van der Waals surface area contributed by atoms with Crippen LogP contribution < -0.4 is 5.43 Å². The lowest BCUT2D eigenvalue weighted by molar-refractivity contribution is 0.0955. The monoisotopic (exact) mass is 393 g/mol. The van der Waals surface area contributed by atoms with Gasteiger partial charge in [-0.1, -0.05) is 40.9 Å². The van der Waals surface area contributed by atoms with Gasteiger partial charge in [0.2, 0.25) is 0 Å². The van der Waals surface area contributed by atoms with Crippen molar-refractivity contribution in [2.45, 2.75) is 0 Å². The van der Waals surface area contributed by atoms with Crippen LogP contribution in [0.1, 0.15) is 16.1 Å². The number of pyridine rings is 1. The van der Waals surface area contributed by atoms with Crippen molar-refractivity contribution < 1.29 is 9.21 Å². The maximum absolute atomic E-state index is 12.0. The molecule has 2 aromatic heterocycles. The van der Waals surface area contributed by atoms with Crippen LogP contribution in [0.5, 0.6) is 0 Å². The summed E-state index contributed by atoms with van der Waals surface area (Å²) in [6.07, 6.45) is 2.86. The lowest BCUT2D eigenvalue weighted by Gasteiger charge is -2.02. The predicted octanol–water partition coefficient (Wildman–Crippen LogP) is 5.07. The van der Waals surface area contributed by atoms with Gasteiger partial charge in [-0.05, 0) is 36.4 Å². The third-order valence-electron chi connectivity index (χ3n) is 3.21. The van der Waals surface area contributed by atoms with E-state index in [-0.39, 0.29) is 10.7 Å². The highest BCUT2D eigenvalue weighted by atomic mass is 35.5. The molecule has 0 fully saturated rings. The number of aromatic nitrogens is 1. The van der Waals surface area contributed by atoms with Crippen molar-refractivity contribution in [1.82, 2.24) is 10.4 Å². The molecule has 0 atom stereocenters. The van der Waals surface area contributed by atoms with Gasteiger partial charge in [0.25, 0.3) is 5.91 Å². The minimum absolute atomic E-state index is 0.103. The van der Waals surface area contributed by atoms with E-state index < -0.39 is 5.91 Å². The Hall–Kier alpha value is -2.34. The Balaban J connectivity index is 1.71. The minimum Gasteiger partial charge on any atom is -0.455 e. The first-order valence-corrected chi connectivity index (χ1v) is 8.18. The van der Waals surface area contributed by atoms with Crippen LogP contribution in [-0.2, 0) is 0 Å². The number of furan rings is 1. The van der Waals surface area contributed by atoms with Gasteiger partial charge in [0, 0.05) is 11.8 Å². The largest absolute Gasteiger partial charge is 0.455 e. The molecule has 0 aliphatic rings. The van der Waals surface area contributed by atoms with Crippen molar-refractivity contribution in [3.8, 4) is 11.3 Å². The second-order valence-electron chi connectivity index (χ2n) is 4.84. The fourth-order valence-corrected chi connectivity index (χ4v) is 2.63. The lowest BCUT2D eigenvalue weighted by Crippen LogP contribution is -2.18. The van der Waals surface area contributed by atoms with E-state index in [0.29, 0.717) is 27.1 Å². The zero-order valence-electron chi connectivity index (χ0n) is 12.5. The lowest BCUT2D eigenvalue weighted by atomic mass is 10.2. The van der Waals surface area contributed by atoms with Gasteiger partial charge in [-0.25, -0.2) is 10.4 Å². The fourth-order valence-electron chi connectivity index (χ4n) is 2.03. The van der Waals surface area contributed by atoms with Crippen LogP contribution in [0.15, 0.2) is 58.2 Å². The number of carbonyl (C=O) groups excluding carboxylic acids is 1. The number of halogens is 3. The molecule has 126 valence electrons. The number of hydrogen-bond donors (Lipinski definition) is 1. The number of hydrazone groups is 1. The van der Waals surface area contributed by atoms with Gasteiger partial charge >= 0.3 is 0 Å². The van der Waals surface area contributed by atoms with Gasteiger partial charge in [0.15, 0.2) is 0 Å². The summed E-state index contributed by atoms with van der Waals surface area (Å²) >= 11 is 18.0. The number of hydrogen-bond acceptors (Lipinski definition) is 4. The van der Waals surface area contributed by atoms with Gasteiger partial charge in [0.1, 0.15) is 16.7 Å². The van der Waals surface area contributed by atoms with Gasteiger partial charge in [-0.3, -0.25) is 4.79 Å². The van der Waals surface area contributed by atoms with Gasteiger partial charge in [0.05, 0.1) is 21.8 Å².